The molecule has 2 aliphatic heterocycles. The van der Waals surface area contributed by atoms with Gasteiger partial charge < -0.3 is 39.2 Å². The molecule has 4 fully saturated rings. The molecule has 0 spiro atoms. The predicted molar refractivity (Wildman–Crippen MR) is 484 cm³/mol. The Morgan fingerprint density at radius 1 is 0.413 bits per heavy atom. The fraction of sp³-hybridized carbons (Fsp3) is 0.350. The van der Waals surface area contributed by atoms with Gasteiger partial charge in [0.05, 0.1) is 37.5 Å². The first-order chi connectivity index (χ1) is 58.2. The Bertz CT molecular complexity index is 4650. The van der Waals surface area contributed by atoms with Gasteiger partial charge >= 0.3 is 0 Å². The third-order valence-corrected chi connectivity index (χ3v) is 23.2. The predicted octanol–water partition coefficient (Wildman–Crippen LogP) is 19.1. The number of carbonyl (C=O) groups excluding carboxylic acids is 7. The fourth-order valence-electron chi connectivity index (χ4n) is 15.1. The third kappa shape index (κ3) is 27.3. The van der Waals surface area contributed by atoms with E-state index in [1.807, 2.05) is 240 Å². The number of Topliss-reactive ketones (excluding diaryl/α,β-unsaturated/α-hetero) is 6. The first-order valence-corrected chi connectivity index (χ1v) is 43.0. The summed E-state index contributed by atoms with van der Waals surface area (Å²) in [5.74, 6) is -1.64. The molecule has 0 radical (unpaired) electrons. The van der Waals surface area contributed by atoms with Crippen LogP contribution in [0.15, 0.2) is 296 Å². The lowest BCUT2D eigenvalue weighted by molar-refractivity contribution is -0.176. The maximum atomic E-state index is 13.6. The van der Waals surface area contributed by atoms with Crippen LogP contribution in [0.1, 0.15) is 194 Å². The van der Waals surface area contributed by atoms with Crippen LogP contribution in [0.5, 0.6) is 0 Å². The molecular weight excluding hydrogens is 1540 g/mol. The van der Waals surface area contributed by atoms with Crippen molar-refractivity contribution in [3.05, 3.63) is 347 Å². The van der Waals surface area contributed by atoms with Crippen molar-refractivity contribution in [2.24, 2.45) is 0 Å². The average Bonchev–Trinajstić information content (AvgIpc) is 0.786. The second kappa shape index (κ2) is 47.8. The standard InChI is InChI=1S/C23H30N2O2.C16H16O3.C15H21NO2S.2C13H16O2.C13H10O.C10H12O2/c1-4-23(24(2)3,18-19-8-6-5-7-9-19)22(26)20-10-12-21(13-11-20)25-14-16-27-17-15-25;1-18-16(19-2,14-11-7-4-8-12-14)15(17)13-9-5-3-6-10-13;1-15(2,16-8-10-18-11-9-16)14(17)12-4-6-13(19-3)7-5-12;2*14-12(11-7-3-1-4-8-11)13(15)9-5-2-6-10-13;14-13(11-7-3-1-4-8-11)12-9-5-2-6-10-12;1-10(2,12)9(11)8-6-4-3-5-7-8/h5-13H,4,14-18H2,1-3H3;3-12H,1-2H3;4-7H,8-11H2,1-3H3;2*1,3-4,7-8,15H,2,5-6,9-10H2;1-10H;3-7,12H,1-2H3. The van der Waals surface area contributed by atoms with Gasteiger partial charge in [-0.2, -0.15) is 0 Å². The van der Waals surface area contributed by atoms with Gasteiger partial charge in [-0.05, 0) is 129 Å². The van der Waals surface area contributed by atoms with E-state index in [2.05, 4.69) is 45.9 Å². The lowest BCUT2D eigenvalue weighted by atomic mass is 9.79. The molecule has 14 rings (SSSR count). The van der Waals surface area contributed by atoms with Crippen molar-refractivity contribution in [2.75, 3.05) is 92.1 Å². The molecule has 17 nitrogen and oxygen atoms in total. The van der Waals surface area contributed by atoms with E-state index in [1.54, 1.807) is 72.4 Å². The van der Waals surface area contributed by atoms with E-state index < -0.39 is 33.7 Å². The zero-order valence-electron chi connectivity index (χ0n) is 71.9. The molecule has 0 amide bonds. The van der Waals surface area contributed by atoms with Gasteiger partial charge in [-0.3, -0.25) is 43.4 Å². The molecule has 10 aromatic carbocycles. The van der Waals surface area contributed by atoms with Gasteiger partial charge in [0.1, 0.15) is 16.8 Å². The van der Waals surface area contributed by atoms with Crippen molar-refractivity contribution in [1.82, 2.24) is 9.80 Å². The van der Waals surface area contributed by atoms with Crippen LogP contribution < -0.4 is 4.90 Å². The molecule has 3 N–H and O–H groups in total. The highest BCUT2D eigenvalue weighted by Crippen LogP contribution is 2.35. The van der Waals surface area contributed by atoms with Crippen LogP contribution >= 0.6 is 11.8 Å². The summed E-state index contributed by atoms with van der Waals surface area (Å²) in [6.45, 7) is 15.5. The molecular formula is C103H121N3O14S. The normalized spacial score (nSPS) is 15.4. The number of benzene rings is 10. The molecule has 2 aliphatic carbocycles. The lowest BCUT2D eigenvalue weighted by Gasteiger charge is -2.39. The Kier molecular flexibility index (Phi) is 38.0. The SMILES string of the molecule is CC(C)(O)C(=O)c1ccccc1.CCC(Cc1ccccc1)(C(=O)c1ccc(N2CCOCC2)cc1)N(C)C.COC(OC)(C(=O)c1ccccc1)c1ccccc1.CSc1ccc(C(=O)C(C)(C)N2CCOCC2)cc1.O=C(c1ccccc1)C1(O)CCCCC1.O=C(c1ccccc1)C1(O)CCCCC1.O=C(c1ccccc1)c1ccccc1. The van der Waals surface area contributed by atoms with E-state index >= 15 is 0 Å². The van der Waals surface area contributed by atoms with Crippen LogP contribution in [0, 0.1) is 0 Å². The smallest absolute Gasteiger partial charge is 0.260 e. The van der Waals surface area contributed by atoms with Crippen molar-refractivity contribution in [1.29, 1.82) is 0 Å². The van der Waals surface area contributed by atoms with Crippen LogP contribution in [0.4, 0.5) is 5.69 Å². The summed E-state index contributed by atoms with van der Waals surface area (Å²) in [4.78, 5) is 94.1. The summed E-state index contributed by atoms with van der Waals surface area (Å²) in [6, 6.07) is 90.0. The monoisotopic (exact) mass is 1660 g/mol. The summed E-state index contributed by atoms with van der Waals surface area (Å²) in [7, 11) is 6.95. The summed E-state index contributed by atoms with van der Waals surface area (Å²) >= 11 is 1.69. The van der Waals surface area contributed by atoms with E-state index in [9.17, 15) is 48.9 Å². The lowest BCUT2D eigenvalue weighted by Crippen LogP contribution is -2.54. The number of likely N-dealkylation sites (N-methyl/N-ethyl adjacent to an activating group) is 1. The first-order valence-electron chi connectivity index (χ1n) is 41.8. The Labute approximate surface area is 720 Å². The molecule has 10 aromatic rings. The molecule has 1 atom stereocenters. The molecule has 0 aromatic heterocycles. The molecule has 638 valence electrons. The number of nitrogens with zero attached hydrogens (tertiary/aromatic N) is 3. The second-order valence-corrected chi connectivity index (χ2v) is 32.5. The number of carbonyl (C=O) groups is 7. The maximum Gasteiger partial charge on any atom is 0.260 e. The van der Waals surface area contributed by atoms with E-state index in [4.69, 9.17) is 18.9 Å². The quantitative estimate of drug-likeness (QED) is 0.0290. The van der Waals surface area contributed by atoms with Gasteiger partial charge in [-0.25, -0.2) is 0 Å². The van der Waals surface area contributed by atoms with Crippen LogP contribution in [0.3, 0.4) is 0 Å². The number of rotatable bonds is 24. The Morgan fingerprint density at radius 3 is 1.11 bits per heavy atom. The summed E-state index contributed by atoms with van der Waals surface area (Å²) in [5.41, 5.74) is 3.92. The minimum Gasteiger partial charge on any atom is -0.382 e. The van der Waals surface area contributed by atoms with Gasteiger partial charge in [0, 0.05) is 101 Å². The van der Waals surface area contributed by atoms with E-state index in [1.165, 1.54) is 38.5 Å². The number of hydrogen-bond acceptors (Lipinski definition) is 18. The molecule has 18 heteroatoms. The van der Waals surface area contributed by atoms with Gasteiger partial charge in [-0.15, -0.1) is 11.8 Å². The minimum atomic E-state index is -1.40. The highest BCUT2D eigenvalue weighted by atomic mass is 32.2. The van der Waals surface area contributed by atoms with Gasteiger partial charge in [0.2, 0.25) is 5.78 Å². The highest BCUT2D eigenvalue weighted by Gasteiger charge is 2.43. The zero-order chi connectivity index (χ0) is 87.3. The maximum absolute atomic E-state index is 13.6. The van der Waals surface area contributed by atoms with E-state index in [0.29, 0.717) is 73.1 Å². The molecule has 2 saturated heterocycles. The van der Waals surface area contributed by atoms with E-state index in [0.717, 1.165) is 112 Å². The van der Waals surface area contributed by atoms with Gasteiger partial charge in [0.25, 0.3) is 5.79 Å². The highest BCUT2D eigenvalue weighted by molar-refractivity contribution is 7.98. The molecule has 4 aliphatic rings. The van der Waals surface area contributed by atoms with Crippen LogP contribution in [-0.2, 0) is 31.2 Å². The van der Waals surface area contributed by atoms with Crippen molar-refractivity contribution < 1.29 is 67.8 Å². The third-order valence-electron chi connectivity index (χ3n) is 22.4. The Balaban J connectivity index is 0.000000178. The van der Waals surface area contributed by atoms with Gasteiger partial charge in [0.15, 0.2) is 34.7 Å². The Hall–Kier alpha value is -10.3. The summed E-state index contributed by atoms with van der Waals surface area (Å²) < 4.78 is 21.6. The summed E-state index contributed by atoms with van der Waals surface area (Å²) in [6.07, 6.45) is 12.0. The molecule has 0 bridgehead atoms. The van der Waals surface area contributed by atoms with Crippen molar-refractivity contribution >= 4 is 57.9 Å². The number of thioether (sulfide) groups is 1. The zero-order valence-corrected chi connectivity index (χ0v) is 72.8. The average molecular weight is 1660 g/mol. The molecule has 2 saturated carbocycles. The van der Waals surface area contributed by atoms with Crippen molar-refractivity contribution in [3.63, 3.8) is 0 Å². The molecule has 2 heterocycles. The number of hydrogen-bond donors (Lipinski definition) is 3. The molecule has 121 heavy (non-hydrogen) atoms. The number of ether oxygens (including phenoxy) is 4. The Morgan fingerprint density at radius 2 is 0.744 bits per heavy atom. The number of morpholine rings is 2. The van der Waals surface area contributed by atoms with Crippen LogP contribution in [0.25, 0.3) is 0 Å². The van der Waals surface area contributed by atoms with Crippen LogP contribution in [-0.4, -0.2) is 181 Å². The number of ketones is 7. The number of aliphatic hydroxyl groups is 3. The fourth-order valence-corrected chi connectivity index (χ4v) is 15.5. The second-order valence-electron chi connectivity index (χ2n) is 31.6. The molecule has 1 unspecified atom stereocenters. The summed E-state index contributed by atoms with van der Waals surface area (Å²) in [5, 5.41) is 29.9. The van der Waals surface area contributed by atoms with Crippen molar-refractivity contribution in [3.8, 4) is 0 Å². The van der Waals surface area contributed by atoms with E-state index in [-0.39, 0.29) is 40.5 Å². The van der Waals surface area contributed by atoms with Gasteiger partial charge in [-0.1, -0.05) is 300 Å². The first kappa shape index (κ1) is 96.1. The largest absolute Gasteiger partial charge is 0.382 e. The van der Waals surface area contributed by atoms with Crippen molar-refractivity contribution in [2.45, 2.75) is 150 Å². The number of anilines is 1. The van der Waals surface area contributed by atoms with Crippen LogP contribution in [0.2, 0.25) is 0 Å². The topological polar surface area (TPSA) is 227 Å². The number of methoxy groups -OCH3 is 2. The minimum absolute atomic E-state index is 0.0752.